The second kappa shape index (κ2) is 8.18. The predicted molar refractivity (Wildman–Crippen MR) is 97.1 cm³/mol. The van der Waals surface area contributed by atoms with Crippen LogP contribution in [-0.2, 0) is 6.61 Å². The van der Waals surface area contributed by atoms with Gasteiger partial charge in [-0.25, -0.2) is 0 Å². The van der Waals surface area contributed by atoms with Crippen LogP contribution in [0.25, 0.3) is 0 Å². The van der Waals surface area contributed by atoms with Gasteiger partial charge in [0, 0.05) is 11.8 Å². The average molecular weight is 319 g/mol. The first-order valence-corrected chi connectivity index (χ1v) is 8.04. The third-order valence-corrected chi connectivity index (χ3v) is 3.81. The molecule has 0 heterocycles. The van der Waals surface area contributed by atoms with E-state index in [1.807, 2.05) is 84.9 Å². The zero-order valence-electron chi connectivity index (χ0n) is 13.4. The molecule has 0 saturated carbocycles. The predicted octanol–water partition coefficient (Wildman–Crippen LogP) is 4.41. The molecule has 0 aromatic heterocycles. The van der Waals surface area contributed by atoms with Crippen LogP contribution in [0.5, 0.6) is 5.75 Å². The van der Waals surface area contributed by atoms with Gasteiger partial charge in [-0.05, 0) is 23.3 Å². The Morgan fingerprint density at radius 2 is 1.54 bits per heavy atom. The minimum Gasteiger partial charge on any atom is -0.489 e. The molecule has 0 aliphatic carbocycles. The van der Waals surface area contributed by atoms with E-state index in [4.69, 9.17) is 4.74 Å². The summed E-state index contributed by atoms with van der Waals surface area (Å²) in [5, 5.41) is 13.0. The van der Waals surface area contributed by atoms with E-state index in [-0.39, 0.29) is 12.6 Å². The molecular formula is C21H21NO2. The van der Waals surface area contributed by atoms with Crippen LogP contribution in [0.1, 0.15) is 17.2 Å². The maximum atomic E-state index is 9.67. The Kier molecular flexibility index (Phi) is 5.48. The van der Waals surface area contributed by atoms with Gasteiger partial charge in [0.1, 0.15) is 12.4 Å². The van der Waals surface area contributed by atoms with Crippen molar-refractivity contribution in [2.75, 3.05) is 11.9 Å². The maximum Gasteiger partial charge on any atom is 0.121 e. The molecule has 3 rings (SSSR count). The summed E-state index contributed by atoms with van der Waals surface area (Å²) in [7, 11) is 0. The van der Waals surface area contributed by atoms with Crippen molar-refractivity contribution >= 4 is 5.69 Å². The first kappa shape index (κ1) is 16.1. The number of aliphatic hydroxyl groups is 1. The molecule has 0 radical (unpaired) electrons. The third-order valence-electron chi connectivity index (χ3n) is 3.81. The van der Waals surface area contributed by atoms with E-state index in [9.17, 15) is 5.11 Å². The number of anilines is 1. The number of ether oxygens (including phenoxy) is 1. The molecule has 1 atom stereocenters. The van der Waals surface area contributed by atoms with Gasteiger partial charge in [0.05, 0.1) is 12.6 Å². The second-order valence-corrected chi connectivity index (χ2v) is 5.59. The van der Waals surface area contributed by atoms with Gasteiger partial charge in [0.15, 0.2) is 0 Å². The first-order valence-electron chi connectivity index (χ1n) is 8.04. The minimum atomic E-state index is -0.143. The van der Waals surface area contributed by atoms with E-state index >= 15 is 0 Å². The lowest BCUT2D eigenvalue weighted by atomic mass is 10.1. The van der Waals surface area contributed by atoms with Crippen molar-refractivity contribution in [3.8, 4) is 5.75 Å². The Morgan fingerprint density at radius 3 is 2.25 bits per heavy atom. The molecule has 0 aliphatic rings. The Hall–Kier alpha value is -2.78. The molecule has 3 aromatic rings. The second-order valence-electron chi connectivity index (χ2n) is 5.59. The number of hydrogen-bond donors (Lipinski definition) is 2. The molecule has 0 fully saturated rings. The number of hydrogen-bond acceptors (Lipinski definition) is 3. The van der Waals surface area contributed by atoms with Gasteiger partial charge in [-0.2, -0.15) is 0 Å². The Bertz CT molecular complexity index is 744. The largest absolute Gasteiger partial charge is 0.489 e. The SMILES string of the molecule is OCC(Nc1cccc(OCc2ccccc2)c1)c1ccccc1. The van der Waals surface area contributed by atoms with Crippen molar-refractivity contribution in [2.45, 2.75) is 12.6 Å². The molecule has 0 spiro atoms. The van der Waals surface area contributed by atoms with Gasteiger partial charge in [0.25, 0.3) is 0 Å². The molecule has 24 heavy (non-hydrogen) atoms. The zero-order chi connectivity index (χ0) is 16.6. The van der Waals surface area contributed by atoms with Crippen LogP contribution in [0.3, 0.4) is 0 Å². The lowest BCUT2D eigenvalue weighted by Crippen LogP contribution is -2.14. The van der Waals surface area contributed by atoms with Crippen LogP contribution in [-0.4, -0.2) is 11.7 Å². The topological polar surface area (TPSA) is 41.5 Å². The molecule has 3 aromatic carbocycles. The molecular weight excluding hydrogens is 298 g/mol. The molecule has 122 valence electrons. The summed E-state index contributed by atoms with van der Waals surface area (Å²) < 4.78 is 5.85. The van der Waals surface area contributed by atoms with E-state index in [0.29, 0.717) is 6.61 Å². The van der Waals surface area contributed by atoms with Crippen LogP contribution in [0.4, 0.5) is 5.69 Å². The summed E-state index contributed by atoms with van der Waals surface area (Å²) in [6, 6.07) is 27.7. The summed E-state index contributed by atoms with van der Waals surface area (Å²) in [6.07, 6.45) is 0. The summed E-state index contributed by atoms with van der Waals surface area (Å²) in [4.78, 5) is 0. The van der Waals surface area contributed by atoms with Crippen LogP contribution < -0.4 is 10.1 Å². The number of rotatable bonds is 7. The van der Waals surface area contributed by atoms with Crippen molar-refractivity contribution in [3.05, 3.63) is 96.1 Å². The van der Waals surface area contributed by atoms with Crippen molar-refractivity contribution in [1.29, 1.82) is 0 Å². The van der Waals surface area contributed by atoms with Crippen molar-refractivity contribution in [3.63, 3.8) is 0 Å². The van der Waals surface area contributed by atoms with Gasteiger partial charge in [-0.15, -0.1) is 0 Å². The summed E-state index contributed by atoms with van der Waals surface area (Å²) in [5.74, 6) is 0.800. The minimum absolute atomic E-state index is 0.0269. The van der Waals surface area contributed by atoms with Crippen molar-refractivity contribution in [1.82, 2.24) is 0 Å². The molecule has 3 nitrogen and oxygen atoms in total. The number of aliphatic hydroxyl groups excluding tert-OH is 1. The highest BCUT2D eigenvalue weighted by Crippen LogP contribution is 2.23. The Balaban J connectivity index is 1.66. The van der Waals surface area contributed by atoms with Gasteiger partial charge < -0.3 is 15.2 Å². The average Bonchev–Trinajstić information content (AvgIpc) is 2.66. The standard InChI is InChI=1S/C21H21NO2/c23-15-21(18-10-5-2-6-11-18)22-19-12-7-13-20(14-19)24-16-17-8-3-1-4-9-17/h1-14,21-23H,15-16H2. The molecule has 2 N–H and O–H groups in total. The maximum absolute atomic E-state index is 9.67. The molecule has 0 bridgehead atoms. The van der Waals surface area contributed by atoms with E-state index in [1.165, 1.54) is 0 Å². The number of nitrogens with one attached hydrogen (secondary N) is 1. The van der Waals surface area contributed by atoms with E-state index in [2.05, 4.69) is 5.32 Å². The Labute approximate surface area is 142 Å². The molecule has 1 unspecified atom stereocenters. The van der Waals surface area contributed by atoms with E-state index < -0.39 is 0 Å². The van der Waals surface area contributed by atoms with Gasteiger partial charge >= 0.3 is 0 Å². The van der Waals surface area contributed by atoms with E-state index in [1.54, 1.807) is 0 Å². The fraction of sp³-hybridized carbons (Fsp3) is 0.143. The quantitative estimate of drug-likeness (QED) is 0.678. The van der Waals surface area contributed by atoms with Crippen molar-refractivity contribution in [2.24, 2.45) is 0 Å². The van der Waals surface area contributed by atoms with Crippen LogP contribution >= 0.6 is 0 Å². The normalized spacial score (nSPS) is 11.7. The summed E-state index contributed by atoms with van der Waals surface area (Å²) in [5.41, 5.74) is 3.10. The van der Waals surface area contributed by atoms with Gasteiger partial charge in [0.2, 0.25) is 0 Å². The van der Waals surface area contributed by atoms with E-state index in [0.717, 1.165) is 22.6 Å². The summed E-state index contributed by atoms with van der Waals surface area (Å²) >= 11 is 0. The zero-order valence-corrected chi connectivity index (χ0v) is 13.4. The Morgan fingerprint density at radius 1 is 0.833 bits per heavy atom. The highest BCUT2D eigenvalue weighted by Gasteiger charge is 2.10. The fourth-order valence-electron chi connectivity index (χ4n) is 2.54. The van der Waals surface area contributed by atoms with Crippen LogP contribution in [0, 0.1) is 0 Å². The highest BCUT2D eigenvalue weighted by molar-refractivity contribution is 5.50. The molecule has 0 saturated heterocycles. The van der Waals surface area contributed by atoms with Crippen LogP contribution in [0.2, 0.25) is 0 Å². The molecule has 0 aliphatic heterocycles. The number of benzene rings is 3. The monoisotopic (exact) mass is 319 g/mol. The lowest BCUT2D eigenvalue weighted by Gasteiger charge is -2.18. The smallest absolute Gasteiger partial charge is 0.121 e. The van der Waals surface area contributed by atoms with Gasteiger partial charge in [-0.1, -0.05) is 66.7 Å². The molecule has 3 heteroatoms. The highest BCUT2D eigenvalue weighted by atomic mass is 16.5. The first-order chi connectivity index (χ1) is 11.8. The van der Waals surface area contributed by atoms with Crippen molar-refractivity contribution < 1.29 is 9.84 Å². The molecule has 0 amide bonds. The van der Waals surface area contributed by atoms with Gasteiger partial charge in [-0.3, -0.25) is 0 Å². The third kappa shape index (κ3) is 4.37. The fourth-order valence-corrected chi connectivity index (χ4v) is 2.54. The summed E-state index contributed by atoms with van der Waals surface area (Å²) in [6.45, 7) is 0.561. The van der Waals surface area contributed by atoms with Crippen LogP contribution in [0.15, 0.2) is 84.9 Å². The lowest BCUT2D eigenvalue weighted by molar-refractivity contribution is 0.276.